The molecule has 0 spiro atoms. The summed E-state index contributed by atoms with van der Waals surface area (Å²) in [4.78, 5) is 13.1. The van der Waals surface area contributed by atoms with Crippen LogP contribution < -0.4 is 0 Å². The average Bonchev–Trinajstić information content (AvgIpc) is 2.90. The van der Waals surface area contributed by atoms with E-state index in [0.29, 0.717) is 22.6 Å². The number of esters is 1. The minimum Gasteiger partial charge on any atom is -0.460 e. The maximum absolute atomic E-state index is 15.2. The molecule has 5 nitrogen and oxygen atoms in total. The second kappa shape index (κ2) is 12.9. The molecule has 3 rings (SSSR count). The fourth-order valence-electron chi connectivity index (χ4n) is 3.50. The highest BCUT2D eigenvalue weighted by Gasteiger charge is 2.63. The number of hydrogen-bond acceptors (Lipinski definition) is 4. The van der Waals surface area contributed by atoms with Crippen LogP contribution in [0.5, 0.6) is 0 Å². The lowest BCUT2D eigenvalue weighted by Gasteiger charge is -2.35. The first-order valence-corrected chi connectivity index (χ1v) is 15.6. The van der Waals surface area contributed by atoms with Gasteiger partial charge in [0.25, 0.3) is 0 Å². The van der Waals surface area contributed by atoms with Crippen molar-refractivity contribution in [2.24, 2.45) is 0 Å². The Labute approximate surface area is 224 Å². The number of carbonyl (C=O) groups is 1. The smallest absolute Gasteiger partial charge is 0.460 e. The zero-order chi connectivity index (χ0) is 26.9. The summed E-state index contributed by atoms with van der Waals surface area (Å²) in [6, 6.07) is 20.9. The molecule has 0 aromatic heterocycles. The number of carbonyl (C=O) groups excluding carboxylic acids is 1. The maximum atomic E-state index is 15.2. The van der Waals surface area contributed by atoms with Crippen LogP contribution in [0.25, 0.3) is 0 Å². The van der Waals surface area contributed by atoms with E-state index in [4.69, 9.17) is 0 Å². The van der Waals surface area contributed by atoms with Gasteiger partial charge < -0.3 is 4.74 Å². The van der Waals surface area contributed by atoms with E-state index in [1.54, 1.807) is 60.7 Å². The first-order valence-electron chi connectivity index (χ1n) is 11.4. The van der Waals surface area contributed by atoms with Gasteiger partial charge in [0, 0.05) is 5.33 Å². The van der Waals surface area contributed by atoms with Gasteiger partial charge in [0.2, 0.25) is 0 Å². The Balaban J connectivity index is 2.04. The Kier molecular flexibility index (Phi) is 10.2. The largest absolute Gasteiger partial charge is 0.514 e. The second-order valence-electron chi connectivity index (χ2n) is 7.97. The quantitative estimate of drug-likeness (QED) is 0.0651. The fraction of sp³-hybridized carbons (Fsp3) is 0.269. The summed E-state index contributed by atoms with van der Waals surface area (Å²) >= 11 is 3.29. The first kappa shape index (κ1) is 29.2. The van der Waals surface area contributed by atoms with E-state index in [9.17, 15) is 17.6 Å². The summed E-state index contributed by atoms with van der Waals surface area (Å²) in [5.41, 5.74) is 0. The number of alkyl halides is 3. The van der Waals surface area contributed by atoms with Crippen molar-refractivity contribution in [1.29, 1.82) is 0 Å². The lowest BCUT2D eigenvalue weighted by molar-refractivity contribution is -0.161. The molecule has 37 heavy (non-hydrogen) atoms. The van der Waals surface area contributed by atoms with E-state index in [1.807, 2.05) is 0 Å². The molecule has 200 valence electrons. The van der Waals surface area contributed by atoms with Gasteiger partial charge in [-0.3, -0.25) is 3.63 Å². The molecule has 0 unspecified atom stereocenters. The molecule has 0 atom stereocenters. The van der Waals surface area contributed by atoms with Crippen LogP contribution in [0.2, 0.25) is 0 Å². The molecule has 0 bridgehead atoms. The number of ether oxygens (including phenoxy) is 1. The van der Waals surface area contributed by atoms with Crippen LogP contribution in [-0.2, 0) is 19.6 Å². The average molecular weight is 621 g/mol. The predicted molar refractivity (Wildman–Crippen MR) is 141 cm³/mol. The van der Waals surface area contributed by atoms with E-state index < -0.39 is 37.5 Å². The minimum atomic E-state index is -5.77. The maximum Gasteiger partial charge on any atom is 0.514 e. The highest BCUT2D eigenvalue weighted by molar-refractivity contribution is 9.09. The Morgan fingerprint density at radius 3 is 1.78 bits per heavy atom. The molecular weight excluding hydrogens is 593 g/mol. The molecule has 0 saturated carbocycles. The highest BCUT2D eigenvalue weighted by atomic mass is 79.9. The van der Waals surface area contributed by atoms with E-state index in [0.717, 1.165) is 30.3 Å². The number of halogens is 4. The third kappa shape index (κ3) is 6.76. The van der Waals surface area contributed by atoms with E-state index in [1.165, 1.54) is 12.1 Å². The summed E-state index contributed by atoms with van der Waals surface area (Å²) in [6.07, 6.45) is 2.65. The Bertz CT molecular complexity index is 1220. The third-order valence-corrected chi connectivity index (χ3v) is 11.3. The minimum absolute atomic E-state index is 0.200. The van der Waals surface area contributed by atoms with Crippen molar-refractivity contribution in [2.45, 2.75) is 45.6 Å². The number of unbranched alkanes of at least 4 members (excludes halogenated alkanes) is 3. The molecule has 0 aliphatic carbocycles. The molecule has 11 heteroatoms. The summed E-state index contributed by atoms with van der Waals surface area (Å²) in [7, 11) is -9.05. The molecule has 1 N–H and O–H groups in total. The summed E-state index contributed by atoms with van der Waals surface area (Å²) in [5, 5.41) is -4.13. The standard InChI is InChI=1S/C26H26BrF3O5S2/c27-19-9-1-2-10-20-34-25(31)26(29,30)37(32,33)35-36(22-11-5-3-6-12-22,23-13-7-4-8-14-23)24-17-15-21(28)16-18-24/h3-8,11-18H,1-2,9-10,19-20H2/p+1. The molecule has 0 heterocycles. The predicted octanol–water partition coefficient (Wildman–Crippen LogP) is 7.54. The van der Waals surface area contributed by atoms with Gasteiger partial charge in [-0.2, -0.15) is 8.78 Å². The fourth-order valence-corrected chi connectivity index (χ4v) is 9.20. The zero-order valence-corrected chi connectivity index (χ0v) is 23.0. The van der Waals surface area contributed by atoms with E-state index >= 15 is 8.78 Å². The lowest BCUT2D eigenvalue weighted by Crippen LogP contribution is -2.42. The molecule has 0 radical (unpaired) electrons. The number of benzene rings is 3. The van der Waals surface area contributed by atoms with Crippen molar-refractivity contribution in [1.82, 2.24) is 0 Å². The van der Waals surface area contributed by atoms with Crippen LogP contribution in [0.1, 0.15) is 25.7 Å². The third-order valence-electron chi connectivity index (χ3n) is 5.36. The van der Waals surface area contributed by atoms with Gasteiger partial charge in [-0.15, -0.1) is 8.42 Å². The van der Waals surface area contributed by atoms with E-state index in [2.05, 4.69) is 24.3 Å². The van der Waals surface area contributed by atoms with Gasteiger partial charge in [-0.1, -0.05) is 65.2 Å². The number of hydrogen-bond donors (Lipinski definition) is 0. The molecule has 3 aromatic rings. The normalized spacial score (nSPS) is 12.8. The number of rotatable bonds is 13. The second-order valence-corrected chi connectivity index (χ2v) is 13.4. The van der Waals surface area contributed by atoms with Crippen molar-refractivity contribution < 1.29 is 34.7 Å². The van der Waals surface area contributed by atoms with Crippen LogP contribution in [0, 0.1) is 5.82 Å². The summed E-state index contributed by atoms with van der Waals surface area (Å²) < 4.78 is 79.0. The van der Waals surface area contributed by atoms with Crippen LogP contribution >= 0.6 is 26.2 Å². The Morgan fingerprint density at radius 1 is 0.784 bits per heavy atom. The Hall–Kier alpha value is -2.34. The lowest BCUT2D eigenvalue weighted by atomic mass is 10.2. The van der Waals surface area contributed by atoms with Crippen LogP contribution in [0.3, 0.4) is 0 Å². The van der Waals surface area contributed by atoms with Crippen LogP contribution in [0.4, 0.5) is 13.2 Å². The molecule has 3 aromatic carbocycles. The first-order chi connectivity index (χ1) is 17.6. The Morgan fingerprint density at radius 2 is 1.27 bits per heavy atom. The molecule has 0 fully saturated rings. The van der Waals surface area contributed by atoms with Gasteiger partial charge in [0.15, 0.2) is 0 Å². The molecule has 0 aliphatic heterocycles. The monoisotopic (exact) mass is 619 g/mol. The van der Waals surface area contributed by atoms with Gasteiger partial charge in [0.05, 0.1) is 31.6 Å². The van der Waals surface area contributed by atoms with Gasteiger partial charge >= 0.3 is 21.3 Å². The SMILES string of the molecule is O=C(OCCCCCCBr)C(F)(F)S(=O)(=O)[OH+]S(c1ccccc1)(c1ccccc1)c1ccc(F)cc1. The molecular formula is C26H27BrF3O5S2+. The van der Waals surface area contributed by atoms with Gasteiger partial charge in [-0.05, 0) is 61.4 Å². The molecule has 0 amide bonds. The van der Waals surface area contributed by atoms with Crippen molar-refractivity contribution in [3.8, 4) is 0 Å². The molecule has 0 saturated heterocycles. The molecule has 0 aliphatic rings. The zero-order valence-electron chi connectivity index (χ0n) is 19.7. The van der Waals surface area contributed by atoms with E-state index in [-0.39, 0.29) is 11.5 Å². The topological polar surface area (TPSA) is 73.2 Å². The van der Waals surface area contributed by atoms with Crippen molar-refractivity contribution in [3.05, 3.63) is 90.7 Å². The van der Waals surface area contributed by atoms with Gasteiger partial charge in [0.1, 0.15) is 5.82 Å². The van der Waals surface area contributed by atoms with Crippen molar-refractivity contribution in [3.63, 3.8) is 0 Å². The van der Waals surface area contributed by atoms with Crippen LogP contribution in [-0.4, -0.2) is 35.2 Å². The van der Waals surface area contributed by atoms with Crippen LogP contribution in [0.15, 0.2) is 99.6 Å². The summed E-state index contributed by atoms with van der Waals surface area (Å²) in [6.45, 7) is -0.334. The van der Waals surface area contributed by atoms with Crippen molar-refractivity contribution >= 4 is 42.3 Å². The summed E-state index contributed by atoms with van der Waals surface area (Å²) in [5.74, 6) is -2.77. The van der Waals surface area contributed by atoms with Gasteiger partial charge in [-0.25, -0.2) is 9.18 Å². The highest BCUT2D eigenvalue weighted by Crippen LogP contribution is 2.68. The van der Waals surface area contributed by atoms with Crippen molar-refractivity contribution in [2.75, 3.05) is 11.9 Å².